The highest BCUT2D eigenvalue weighted by molar-refractivity contribution is 5.56. The van der Waals surface area contributed by atoms with Crippen molar-refractivity contribution in [1.82, 2.24) is 5.32 Å². The van der Waals surface area contributed by atoms with Gasteiger partial charge in [0.25, 0.3) is 0 Å². The van der Waals surface area contributed by atoms with E-state index in [9.17, 15) is 0 Å². The van der Waals surface area contributed by atoms with Gasteiger partial charge in [-0.15, -0.1) is 0 Å². The Morgan fingerprint density at radius 1 is 0.952 bits per heavy atom. The van der Waals surface area contributed by atoms with Crippen LogP contribution in [-0.4, -0.2) is 13.1 Å². The zero-order chi connectivity index (χ0) is 14.1. The molecule has 0 atom stereocenters. The molecule has 2 aliphatic rings. The van der Waals surface area contributed by atoms with E-state index in [0.29, 0.717) is 0 Å². The molecule has 0 fully saturated rings. The molecule has 0 saturated heterocycles. The summed E-state index contributed by atoms with van der Waals surface area (Å²) >= 11 is 0. The predicted octanol–water partition coefficient (Wildman–Crippen LogP) is 3.29. The third-order valence-corrected chi connectivity index (χ3v) is 4.80. The van der Waals surface area contributed by atoms with E-state index in [2.05, 4.69) is 52.7 Å². The Morgan fingerprint density at radius 3 is 2.86 bits per heavy atom. The quantitative estimate of drug-likeness (QED) is 0.907. The summed E-state index contributed by atoms with van der Waals surface area (Å²) in [7, 11) is 0. The van der Waals surface area contributed by atoms with E-state index in [4.69, 9.17) is 0 Å². The number of hydrogen-bond donors (Lipinski definition) is 1. The molecule has 0 saturated carbocycles. The molecule has 0 radical (unpaired) electrons. The molecule has 4 rings (SSSR count). The Morgan fingerprint density at radius 2 is 1.86 bits per heavy atom. The maximum atomic E-state index is 3.47. The predicted molar refractivity (Wildman–Crippen MR) is 87.7 cm³/mol. The van der Waals surface area contributed by atoms with Gasteiger partial charge in [0.1, 0.15) is 0 Å². The fourth-order valence-electron chi connectivity index (χ4n) is 3.74. The molecule has 2 heterocycles. The highest BCUT2D eigenvalue weighted by Gasteiger charge is 2.19. The Balaban J connectivity index is 1.66. The van der Waals surface area contributed by atoms with E-state index in [0.717, 1.165) is 19.6 Å². The first-order valence-electron chi connectivity index (χ1n) is 8.05. The van der Waals surface area contributed by atoms with E-state index in [1.54, 1.807) is 5.56 Å². The fourth-order valence-corrected chi connectivity index (χ4v) is 3.74. The van der Waals surface area contributed by atoms with Crippen LogP contribution in [0.3, 0.4) is 0 Å². The first-order chi connectivity index (χ1) is 10.4. The third-order valence-electron chi connectivity index (χ3n) is 4.80. The van der Waals surface area contributed by atoms with E-state index < -0.39 is 0 Å². The van der Waals surface area contributed by atoms with Gasteiger partial charge in [-0.2, -0.15) is 0 Å². The SMILES string of the molecule is c1ccc2c(c1)CCCN2Cc1cccc2c1CCNC2. The highest BCUT2D eigenvalue weighted by atomic mass is 15.1. The minimum atomic E-state index is 1.03. The molecule has 0 bridgehead atoms. The summed E-state index contributed by atoms with van der Waals surface area (Å²) < 4.78 is 0. The van der Waals surface area contributed by atoms with Crippen molar-refractivity contribution in [2.75, 3.05) is 18.0 Å². The second-order valence-electron chi connectivity index (χ2n) is 6.14. The van der Waals surface area contributed by atoms with Crippen molar-refractivity contribution in [3.63, 3.8) is 0 Å². The van der Waals surface area contributed by atoms with E-state index >= 15 is 0 Å². The standard InChI is InChI=1S/C19H22N2/c1-2-9-19-15(5-1)8-4-12-21(19)14-17-7-3-6-16-13-20-11-10-18(16)17/h1-3,5-7,9,20H,4,8,10-14H2. The summed E-state index contributed by atoms with van der Waals surface area (Å²) in [5, 5.41) is 3.47. The van der Waals surface area contributed by atoms with Crippen LogP contribution in [-0.2, 0) is 25.9 Å². The summed E-state index contributed by atoms with van der Waals surface area (Å²) in [5.74, 6) is 0. The first kappa shape index (κ1) is 12.9. The molecule has 2 heteroatoms. The van der Waals surface area contributed by atoms with Crippen LogP contribution in [0.2, 0.25) is 0 Å². The lowest BCUT2D eigenvalue weighted by Gasteiger charge is -2.32. The molecular weight excluding hydrogens is 256 g/mol. The molecule has 1 N–H and O–H groups in total. The number of aryl methyl sites for hydroxylation is 1. The number of nitrogens with zero attached hydrogens (tertiary/aromatic N) is 1. The van der Waals surface area contributed by atoms with Crippen molar-refractivity contribution in [2.45, 2.75) is 32.4 Å². The Kier molecular flexibility index (Phi) is 3.40. The molecule has 0 spiro atoms. The Hall–Kier alpha value is -1.80. The van der Waals surface area contributed by atoms with Crippen LogP contribution in [0.25, 0.3) is 0 Å². The highest BCUT2D eigenvalue weighted by Crippen LogP contribution is 2.29. The number of rotatable bonds is 2. The first-order valence-corrected chi connectivity index (χ1v) is 8.05. The lowest BCUT2D eigenvalue weighted by molar-refractivity contribution is 0.631. The van der Waals surface area contributed by atoms with Gasteiger partial charge in [0, 0.05) is 25.3 Å². The number of nitrogens with one attached hydrogen (secondary N) is 1. The zero-order valence-electron chi connectivity index (χ0n) is 12.4. The van der Waals surface area contributed by atoms with Gasteiger partial charge in [-0.05, 0) is 54.1 Å². The van der Waals surface area contributed by atoms with Gasteiger partial charge in [-0.3, -0.25) is 0 Å². The molecule has 2 aliphatic heterocycles. The number of para-hydroxylation sites is 1. The third kappa shape index (κ3) is 2.44. The molecule has 0 amide bonds. The van der Waals surface area contributed by atoms with Crippen molar-refractivity contribution in [3.8, 4) is 0 Å². The van der Waals surface area contributed by atoms with Crippen molar-refractivity contribution in [3.05, 3.63) is 64.7 Å². The van der Waals surface area contributed by atoms with Crippen molar-refractivity contribution in [1.29, 1.82) is 0 Å². The summed E-state index contributed by atoms with van der Waals surface area (Å²) in [6, 6.07) is 15.7. The average Bonchev–Trinajstić information content (AvgIpc) is 2.56. The normalized spacial score (nSPS) is 17.2. The molecule has 2 aromatic rings. The van der Waals surface area contributed by atoms with Crippen LogP contribution >= 0.6 is 0 Å². The van der Waals surface area contributed by atoms with E-state index in [1.165, 1.54) is 48.2 Å². The molecule has 108 valence electrons. The number of anilines is 1. The lowest BCUT2D eigenvalue weighted by atomic mass is 9.94. The zero-order valence-corrected chi connectivity index (χ0v) is 12.4. The molecule has 21 heavy (non-hydrogen) atoms. The van der Waals surface area contributed by atoms with Gasteiger partial charge < -0.3 is 10.2 Å². The monoisotopic (exact) mass is 278 g/mol. The van der Waals surface area contributed by atoms with Gasteiger partial charge in [0.05, 0.1) is 0 Å². The lowest BCUT2D eigenvalue weighted by Crippen LogP contribution is -2.30. The molecule has 2 aromatic carbocycles. The van der Waals surface area contributed by atoms with Gasteiger partial charge >= 0.3 is 0 Å². The molecule has 0 aliphatic carbocycles. The van der Waals surface area contributed by atoms with Gasteiger partial charge in [0.15, 0.2) is 0 Å². The van der Waals surface area contributed by atoms with Gasteiger partial charge in [-0.1, -0.05) is 36.4 Å². The number of hydrogen-bond acceptors (Lipinski definition) is 2. The van der Waals surface area contributed by atoms with Crippen LogP contribution in [0.4, 0.5) is 5.69 Å². The maximum absolute atomic E-state index is 3.47. The van der Waals surface area contributed by atoms with E-state index in [-0.39, 0.29) is 0 Å². The van der Waals surface area contributed by atoms with Crippen LogP contribution in [0.5, 0.6) is 0 Å². The minimum absolute atomic E-state index is 1.03. The number of fused-ring (bicyclic) bond motifs is 2. The van der Waals surface area contributed by atoms with Gasteiger partial charge in [0.2, 0.25) is 0 Å². The Bertz CT molecular complexity index is 648. The molecule has 2 nitrogen and oxygen atoms in total. The second kappa shape index (κ2) is 5.53. The summed E-state index contributed by atoms with van der Waals surface area (Å²) in [6.45, 7) is 4.37. The topological polar surface area (TPSA) is 15.3 Å². The summed E-state index contributed by atoms with van der Waals surface area (Å²) in [5.41, 5.74) is 7.54. The fraction of sp³-hybridized carbons (Fsp3) is 0.368. The average molecular weight is 278 g/mol. The van der Waals surface area contributed by atoms with Gasteiger partial charge in [-0.25, -0.2) is 0 Å². The molecule has 0 unspecified atom stereocenters. The van der Waals surface area contributed by atoms with Crippen LogP contribution < -0.4 is 10.2 Å². The van der Waals surface area contributed by atoms with Crippen molar-refractivity contribution >= 4 is 5.69 Å². The minimum Gasteiger partial charge on any atom is -0.367 e. The van der Waals surface area contributed by atoms with Crippen molar-refractivity contribution < 1.29 is 0 Å². The summed E-state index contributed by atoms with van der Waals surface area (Å²) in [4.78, 5) is 2.57. The molecular formula is C19H22N2. The van der Waals surface area contributed by atoms with Crippen LogP contribution in [0, 0.1) is 0 Å². The van der Waals surface area contributed by atoms with E-state index in [1.807, 2.05) is 0 Å². The van der Waals surface area contributed by atoms with Crippen LogP contribution in [0.15, 0.2) is 42.5 Å². The number of benzene rings is 2. The summed E-state index contributed by atoms with van der Waals surface area (Å²) in [6.07, 6.45) is 3.66. The van der Waals surface area contributed by atoms with Crippen LogP contribution in [0.1, 0.15) is 28.7 Å². The Labute approximate surface area is 126 Å². The van der Waals surface area contributed by atoms with Crippen molar-refractivity contribution in [2.24, 2.45) is 0 Å². The maximum Gasteiger partial charge on any atom is 0.0432 e. The smallest absolute Gasteiger partial charge is 0.0432 e. The molecule has 0 aromatic heterocycles. The second-order valence-corrected chi connectivity index (χ2v) is 6.14. The largest absolute Gasteiger partial charge is 0.367 e.